The van der Waals surface area contributed by atoms with Crippen molar-refractivity contribution in [2.24, 2.45) is 7.05 Å². The highest BCUT2D eigenvalue weighted by molar-refractivity contribution is 7.89. The van der Waals surface area contributed by atoms with Gasteiger partial charge in [-0.05, 0) is 31.5 Å². The van der Waals surface area contributed by atoms with Gasteiger partial charge in [0.25, 0.3) is 15.9 Å². The normalized spacial score (nSPS) is 17.0. The number of benzene rings is 1. The van der Waals surface area contributed by atoms with Crippen LogP contribution in [0.5, 0.6) is 5.75 Å². The lowest BCUT2D eigenvalue weighted by Crippen LogP contribution is -2.43. The summed E-state index contributed by atoms with van der Waals surface area (Å²) in [7, 11) is -1.98. The van der Waals surface area contributed by atoms with Gasteiger partial charge >= 0.3 is 0 Å². The predicted octanol–water partition coefficient (Wildman–Crippen LogP) is 2.42. The second-order valence-electron chi connectivity index (χ2n) is 6.80. The van der Waals surface area contributed by atoms with Crippen molar-refractivity contribution in [3.63, 3.8) is 0 Å². The van der Waals surface area contributed by atoms with Gasteiger partial charge in [0.2, 0.25) is 0 Å². The van der Waals surface area contributed by atoms with Crippen molar-refractivity contribution in [3.05, 3.63) is 40.8 Å². The van der Waals surface area contributed by atoms with Crippen molar-refractivity contribution < 1.29 is 17.9 Å². The van der Waals surface area contributed by atoms with E-state index in [-0.39, 0.29) is 24.0 Å². The maximum atomic E-state index is 12.8. The summed E-state index contributed by atoms with van der Waals surface area (Å²) < 4.78 is 34.2. The van der Waals surface area contributed by atoms with Gasteiger partial charge in [-0.1, -0.05) is 23.2 Å². The molecule has 2 heterocycles. The second kappa shape index (κ2) is 8.91. The molecule has 3 rings (SSSR count). The molecule has 0 N–H and O–H groups in total. The van der Waals surface area contributed by atoms with Crippen molar-refractivity contribution in [2.45, 2.75) is 24.5 Å². The number of halogens is 2. The number of hydrogen-bond donors (Lipinski definition) is 0. The summed E-state index contributed by atoms with van der Waals surface area (Å²) in [5, 5.41) is 0.803. The standard InChI is InChI=1S/C18H22Cl2N4O4S/c1-13(28-16-5-4-14(19)10-15(16)20)18(25)23-6-3-7-24(9-8-23)29(26,27)17-11-22(2)12-21-17/h4-5,10-13H,3,6-9H2,1-2H3. The van der Waals surface area contributed by atoms with Crippen LogP contribution >= 0.6 is 23.2 Å². The van der Waals surface area contributed by atoms with E-state index in [4.69, 9.17) is 27.9 Å². The average Bonchev–Trinajstić information content (AvgIpc) is 2.96. The van der Waals surface area contributed by atoms with E-state index < -0.39 is 16.1 Å². The lowest BCUT2D eigenvalue weighted by molar-refractivity contribution is -0.137. The molecule has 1 unspecified atom stereocenters. The fourth-order valence-electron chi connectivity index (χ4n) is 3.08. The van der Waals surface area contributed by atoms with Crippen molar-refractivity contribution in [2.75, 3.05) is 26.2 Å². The predicted molar refractivity (Wildman–Crippen MR) is 110 cm³/mol. The Balaban J connectivity index is 1.64. The maximum absolute atomic E-state index is 12.8. The zero-order chi connectivity index (χ0) is 21.2. The molecule has 8 nitrogen and oxygen atoms in total. The second-order valence-corrected chi connectivity index (χ2v) is 9.52. The SMILES string of the molecule is CC(Oc1ccc(Cl)cc1Cl)C(=O)N1CCCN(S(=O)(=O)c2cn(C)cn2)CC1. The Hall–Kier alpha value is -1.81. The lowest BCUT2D eigenvalue weighted by atomic mass is 10.3. The molecule has 1 aliphatic heterocycles. The molecule has 2 aromatic rings. The molecule has 1 aliphatic rings. The Labute approximate surface area is 180 Å². The van der Waals surface area contributed by atoms with Gasteiger partial charge in [-0.3, -0.25) is 4.79 Å². The average molecular weight is 461 g/mol. The quantitative estimate of drug-likeness (QED) is 0.683. The first-order valence-corrected chi connectivity index (χ1v) is 11.3. The largest absolute Gasteiger partial charge is 0.479 e. The van der Waals surface area contributed by atoms with Crippen LogP contribution in [-0.2, 0) is 21.9 Å². The van der Waals surface area contributed by atoms with E-state index in [0.29, 0.717) is 35.3 Å². The molecule has 0 bridgehead atoms. The molecular formula is C18H22Cl2N4O4S. The molecule has 0 radical (unpaired) electrons. The summed E-state index contributed by atoms with van der Waals surface area (Å²) in [6.45, 7) is 2.86. The van der Waals surface area contributed by atoms with Crippen molar-refractivity contribution in [1.82, 2.24) is 18.8 Å². The molecule has 0 saturated carbocycles. The molecule has 1 saturated heterocycles. The minimum atomic E-state index is -3.69. The number of carbonyl (C=O) groups is 1. The molecular weight excluding hydrogens is 439 g/mol. The van der Waals surface area contributed by atoms with Crippen LogP contribution < -0.4 is 4.74 Å². The summed E-state index contributed by atoms with van der Waals surface area (Å²) in [4.78, 5) is 18.4. The van der Waals surface area contributed by atoms with Crippen molar-refractivity contribution >= 4 is 39.1 Å². The third kappa shape index (κ3) is 5.03. The molecule has 11 heteroatoms. The minimum absolute atomic E-state index is 0.00820. The first-order chi connectivity index (χ1) is 13.7. The summed E-state index contributed by atoms with van der Waals surface area (Å²) >= 11 is 12.0. The summed E-state index contributed by atoms with van der Waals surface area (Å²) in [6, 6.07) is 4.78. The van der Waals surface area contributed by atoms with Crippen molar-refractivity contribution in [1.29, 1.82) is 0 Å². The molecule has 1 aromatic heterocycles. The summed E-state index contributed by atoms with van der Waals surface area (Å²) in [6.07, 6.45) is 2.66. The van der Waals surface area contributed by atoms with Crippen molar-refractivity contribution in [3.8, 4) is 5.75 Å². The Bertz CT molecular complexity index is 995. The van der Waals surface area contributed by atoms with Gasteiger partial charge < -0.3 is 14.2 Å². The molecule has 1 amide bonds. The molecule has 1 atom stereocenters. The van der Waals surface area contributed by atoms with Crippen LogP contribution in [0.1, 0.15) is 13.3 Å². The third-order valence-corrected chi connectivity index (χ3v) is 6.91. The van der Waals surface area contributed by atoms with E-state index in [2.05, 4.69) is 4.98 Å². The number of nitrogens with zero attached hydrogens (tertiary/aromatic N) is 4. The van der Waals surface area contributed by atoms with E-state index in [9.17, 15) is 13.2 Å². The number of hydrogen-bond acceptors (Lipinski definition) is 5. The zero-order valence-corrected chi connectivity index (χ0v) is 18.4. The summed E-state index contributed by atoms with van der Waals surface area (Å²) in [5.41, 5.74) is 0. The van der Waals surface area contributed by atoms with Gasteiger partial charge in [0.1, 0.15) is 5.75 Å². The maximum Gasteiger partial charge on any atom is 0.263 e. The Morgan fingerprint density at radius 1 is 1.21 bits per heavy atom. The number of imidazole rings is 1. The molecule has 1 fully saturated rings. The van der Waals surface area contributed by atoms with Gasteiger partial charge in [-0.15, -0.1) is 0 Å². The highest BCUT2D eigenvalue weighted by Crippen LogP contribution is 2.28. The third-order valence-electron chi connectivity index (χ3n) is 4.60. The van der Waals surface area contributed by atoms with E-state index in [1.165, 1.54) is 16.8 Å². The van der Waals surface area contributed by atoms with Crippen LogP contribution in [0.4, 0.5) is 0 Å². The Morgan fingerprint density at radius 3 is 2.62 bits per heavy atom. The Kier molecular flexibility index (Phi) is 6.72. The molecule has 1 aromatic carbocycles. The number of ether oxygens (including phenoxy) is 1. The Morgan fingerprint density at radius 2 is 1.97 bits per heavy atom. The molecule has 0 aliphatic carbocycles. The van der Waals surface area contributed by atoms with Crippen LogP contribution in [0, 0.1) is 0 Å². The van der Waals surface area contributed by atoms with Crippen LogP contribution in [0.15, 0.2) is 35.7 Å². The van der Waals surface area contributed by atoms with Gasteiger partial charge in [0.15, 0.2) is 11.1 Å². The molecule has 0 spiro atoms. The lowest BCUT2D eigenvalue weighted by Gasteiger charge is -2.25. The van der Waals surface area contributed by atoms with Crippen LogP contribution in [0.2, 0.25) is 10.0 Å². The van der Waals surface area contributed by atoms with Gasteiger partial charge in [0, 0.05) is 44.4 Å². The molecule has 158 valence electrons. The highest BCUT2D eigenvalue weighted by Gasteiger charge is 2.31. The zero-order valence-electron chi connectivity index (χ0n) is 16.1. The van der Waals surface area contributed by atoms with E-state index in [0.717, 1.165) is 0 Å². The highest BCUT2D eigenvalue weighted by atomic mass is 35.5. The minimum Gasteiger partial charge on any atom is -0.479 e. The first kappa shape index (κ1) is 21.9. The monoisotopic (exact) mass is 460 g/mol. The van der Waals surface area contributed by atoms with E-state index in [1.807, 2.05) is 0 Å². The first-order valence-electron chi connectivity index (χ1n) is 9.07. The number of aryl methyl sites for hydroxylation is 1. The summed E-state index contributed by atoms with van der Waals surface area (Å²) in [5.74, 6) is 0.138. The van der Waals surface area contributed by atoms with E-state index >= 15 is 0 Å². The van der Waals surface area contributed by atoms with E-state index in [1.54, 1.807) is 41.6 Å². The number of sulfonamides is 1. The van der Waals surface area contributed by atoms with Crippen LogP contribution in [0.25, 0.3) is 0 Å². The number of carbonyl (C=O) groups excluding carboxylic acids is 1. The number of rotatable bonds is 5. The molecule has 29 heavy (non-hydrogen) atoms. The van der Waals surface area contributed by atoms with Crippen LogP contribution in [-0.4, -0.2) is 65.4 Å². The smallest absolute Gasteiger partial charge is 0.263 e. The van der Waals surface area contributed by atoms with Crippen LogP contribution in [0.3, 0.4) is 0 Å². The van der Waals surface area contributed by atoms with Gasteiger partial charge in [-0.25, -0.2) is 13.4 Å². The number of amides is 1. The van der Waals surface area contributed by atoms with Gasteiger partial charge in [-0.2, -0.15) is 4.31 Å². The topological polar surface area (TPSA) is 84.7 Å². The fraction of sp³-hybridized carbons (Fsp3) is 0.444. The number of aromatic nitrogens is 2. The fourth-order valence-corrected chi connectivity index (χ4v) is 4.97. The van der Waals surface area contributed by atoms with Gasteiger partial charge in [0.05, 0.1) is 11.3 Å².